The molecule has 1 saturated carbocycles. The summed E-state index contributed by atoms with van der Waals surface area (Å²) in [5.74, 6) is 6.33. The van der Waals surface area contributed by atoms with Gasteiger partial charge in [0.15, 0.2) is 0 Å². The lowest BCUT2D eigenvalue weighted by Crippen LogP contribution is -2.14. The van der Waals surface area contributed by atoms with Crippen molar-refractivity contribution in [3.05, 3.63) is 11.3 Å². The number of nitrogens with two attached hydrogens (primary N) is 1. The second kappa shape index (κ2) is 4.84. The number of hydrazine groups is 1. The Labute approximate surface area is 95.9 Å². The van der Waals surface area contributed by atoms with Crippen LogP contribution in [0.15, 0.2) is 0 Å². The molecule has 16 heavy (non-hydrogen) atoms. The highest BCUT2D eigenvalue weighted by Gasteiger charge is 2.18. The van der Waals surface area contributed by atoms with Crippen molar-refractivity contribution in [1.82, 2.24) is 9.78 Å². The fourth-order valence-electron chi connectivity index (χ4n) is 2.31. The van der Waals surface area contributed by atoms with E-state index in [1.165, 1.54) is 25.7 Å². The molecule has 90 valence electrons. The minimum absolute atomic E-state index is 0.422. The van der Waals surface area contributed by atoms with Gasteiger partial charge in [0, 0.05) is 12.6 Å². The Morgan fingerprint density at radius 1 is 1.50 bits per heavy atom. The second-order valence-electron chi connectivity index (χ2n) is 4.40. The van der Waals surface area contributed by atoms with Gasteiger partial charge in [0.1, 0.15) is 5.82 Å². The number of rotatable bonds is 4. The molecular weight excluding hydrogens is 204 g/mol. The lowest BCUT2D eigenvalue weighted by Gasteiger charge is -2.11. The van der Waals surface area contributed by atoms with Crippen molar-refractivity contribution in [3.8, 4) is 0 Å². The first-order chi connectivity index (χ1) is 7.72. The zero-order valence-corrected chi connectivity index (χ0v) is 9.99. The van der Waals surface area contributed by atoms with Gasteiger partial charge in [-0.1, -0.05) is 12.8 Å². The maximum absolute atomic E-state index is 5.88. The fourth-order valence-corrected chi connectivity index (χ4v) is 2.31. The van der Waals surface area contributed by atoms with E-state index in [2.05, 4.69) is 10.5 Å². The highest BCUT2D eigenvalue weighted by atomic mass is 16.5. The van der Waals surface area contributed by atoms with E-state index in [4.69, 9.17) is 10.6 Å². The third-order valence-electron chi connectivity index (χ3n) is 3.25. The molecule has 1 aromatic rings. The highest BCUT2D eigenvalue weighted by Crippen LogP contribution is 2.24. The van der Waals surface area contributed by atoms with Gasteiger partial charge in [-0.2, -0.15) is 5.10 Å². The molecule has 0 saturated heterocycles. The molecule has 0 amide bonds. The minimum atomic E-state index is 0.422. The van der Waals surface area contributed by atoms with Crippen molar-refractivity contribution >= 4 is 5.82 Å². The molecule has 2 rings (SSSR count). The van der Waals surface area contributed by atoms with Gasteiger partial charge in [-0.25, -0.2) is 5.84 Å². The minimum Gasteiger partial charge on any atom is -0.373 e. The van der Waals surface area contributed by atoms with Crippen LogP contribution in [0.3, 0.4) is 0 Å². The standard InChI is InChI=1S/C11H20N4O/c1-8-10(11(13-12)15(2)14-8)7-16-9-5-3-4-6-9/h9,13H,3-7,12H2,1-2H3. The van der Waals surface area contributed by atoms with Gasteiger partial charge in [0.2, 0.25) is 0 Å². The van der Waals surface area contributed by atoms with Gasteiger partial charge in [-0.15, -0.1) is 0 Å². The molecule has 0 bridgehead atoms. The predicted molar refractivity (Wildman–Crippen MR) is 62.8 cm³/mol. The van der Waals surface area contributed by atoms with Crippen molar-refractivity contribution in [2.45, 2.75) is 45.3 Å². The van der Waals surface area contributed by atoms with Crippen LogP contribution in [0, 0.1) is 6.92 Å². The zero-order chi connectivity index (χ0) is 11.5. The summed E-state index contributed by atoms with van der Waals surface area (Å²) in [5, 5.41) is 4.32. The molecule has 1 aromatic heterocycles. The Balaban J connectivity index is 2.02. The number of aryl methyl sites for hydroxylation is 2. The SMILES string of the molecule is Cc1nn(C)c(NN)c1COC1CCCC1. The van der Waals surface area contributed by atoms with Crippen molar-refractivity contribution in [1.29, 1.82) is 0 Å². The van der Waals surface area contributed by atoms with Crippen LogP contribution < -0.4 is 11.3 Å². The van der Waals surface area contributed by atoms with E-state index in [0.717, 1.165) is 17.1 Å². The molecule has 0 atom stereocenters. The van der Waals surface area contributed by atoms with E-state index in [-0.39, 0.29) is 0 Å². The van der Waals surface area contributed by atoms with Crippen LogP contribution in [0.2, 0.25) is 0 Å². The average Bonchev–Trinajstić information content (AvgIpc) is 2.83. The lowest BCUT2D eigenvalue weighted by molar-refractivity contribution is 0.0457. The molecule has 1 aliphatic carbocycles. The topological polar surface area (TPSA) is 65.1 Å². The van der Waals surface area contributed by atoms with Crippen molar-refractivity contribution in [2.24, 2.45) is 12.9 Å². The number of nitrogen functional groups attached to an aromatic ring is 1. The van der Waals surface area contributed by atoms with Crippen LogP contribution in [0.5, 0.6) is 0 Å². The van der Waals surface area contributed by atoms with Crippen molar-refractivity contribution < 1.29 is 4.74 Å². The van der Waals surface area contributed by atoms with Crippen LogP contribution in [0.1, 0.15) is 36.9 Å². The monoisotopic (exact) mass is 224 g/mol. The van der Waals surface area contributed by atoms with Crippen molar-refractivity contribution in [2.75, 3.05) is 5.43 Å². The van der Waals surface area contributed by atoms with Crippen LogP contribution in [0.4, 0.5) is 5.82 Å². The number of aromatic nitrogens is 2. The zero-order valence-electron chi connectivity index (χ0n) is 9.99. The van der Waals surface area contributed by atoms with Gasteiger partial charge < -0.3 is 10.2 Å². The Morgan fingerprint density at radius 3 is 2.81 bits per heavy atom. The maximum Gasteiger partial charge on any atom is 0.143 e. The summed E-state index contributed by atoms with van der Waals surface area (Å²) in [6, 6.07) is 0. The van der Waals surface area contributed by atoms with E-state index in [0.29, 0.717) is 12.7 Å². The summed E-state index contributed by atoms with van der Waals surface area (Å²) in [6.45, 7) is 2.58. The first kappa shape index (κ1) is 11.4. The summed E-state index contributed by atoms with van der Waals surface area (Å²) in [5.41, 5.74) is 4.73. The fraction of sp³-hybridized carbons (Fsp3) is 0.727. The number of hydrogen-bond acceptors (Lipinski definition) is 4. The normalized spacial score (nSPS) is 16.9. The summed E-state index contributed by atoms with van der Waals surface area (Å²) >= 11 is 0. The van der Waals surface area contributed by atoms with E-state index < -0.39 is 0 Å². The molecule has 3 N–H and O–H groups in total. The van der Waals surface area contributed by atoms with Gasteiger partial charge in [-0.3, -0.25) is 4.68 Å². The second-order valence-corrected chi connectivity index (χ2v) is 4.40. The molecule has 0 aromatic carbocycles. The number of hydrogen-bond donors (Lipinski definition) is 2. The van der Waals surface area contributed by atoms with Gasteiger partial charge in [0.05, 0.1) is 18.4 Å². The van der Waals surface area contributed by atoms with Gasteiger partial charge >= 0.3 is 0 Å². The van der Waals surface area contributed by atoms with E-state index >= 15 is 0 Å². The predicted octanol–water partition coefficient (Wildman–Crippen LogP) is 1.47. The van der Waals surface area contributed by atoms with E-state index in [1.54, 1.807) is 4.68 Å². The molecule has 0 spiro atoms. The van der Waals surface area contributed by atoms with E-state index in [9.17, 15) is 0 Å². The largest absolute Gasteiger partial charge is 0.373 e. The van der Waals surface area contributed by atoms with Crippen LogP contribution in [0.25, 0.3) is 0 Å². The van der Waals surface area contributed by atoms with Crippen LogP contribution >= 0.6 is 0 Å². The summed E-state index contributed by atoms with van der Waals surface area (Å²) in [7, 11) is 1.88. The average molecular weight is 224 g/mol. The first-order valence-corrected chi connectivity index (χ1v) is 5.83. The Hall–Kier alpha value is -1.07. The van der Waals surface area contributed by atoms with Gasteiger partial charge in [0.25, 0.3) is 0 Å². The summed E-state index contributed by atoms with van der Waals surface area (Å²) in [6.07, 6.45) is 5.37. The molecule has 1 fully saturated rings. The van der Waals surface area contributed by atoms with Crippen molar-refractivity contribution in [3.63, 3.8) is 0 Å². The first-order valence-electron chi connectivity index (χ1n) is 5.83. The third kappa shape index (κ3) is 2.20. The number of anilines is 1. The number of ether oxygens (including phenoxy) is 1. The Bertz CT molecular complexity index is 355. The Kier molecular flexibility index (Phi) is 3.46. The van der Waals surface area contributed by atoms with Crippen LogP contribution in [-0.2, 0) is 18.4 Å². The lowest BCUT2D eigenvalue weighted by atomic mass is 10.2. The molecular formula is C11H20N4O. The number of nitrogens with zero attached hydrogens (tertiary/aromatic N) is 2. The third-order valence-corrected chi connectivity index (χ3v) is 3.25. The smallest absolute Gasteiger partial charge is 0.143 e. The molecule has 0 unspecified atom stereocenters. The molecule has 5 heteroatoms. The van der Waals surface area contributed by atoms with E-state index in [1.807, 2.05) is 14.0 Å². The quantitative estimate of drug-likeness (QED) is 0.600. The summed E-state index contributed by atoms with van der Waals surface area (Å²) in [4.78, 5) is 0. The Morgan fingerprint density at radius 2 is 2.19 bits per heavy atom. The molecule has 0 radical (unpaired) electrons. The summed E-state index contributed by atoms with van der Waals surface area (Å²) < 4.78 is 7.63. The van der Waals surface area contributed by atoms with Crippen LogP contribution in [-0.4, -0.2) is 15.9 Å². The molecule has 0 aliphatic heterocycles. The molecule has 1 aliphatic rings. The highest BCUT2D eigenvalue weighted by molar-refractivity contribution is 5.45. The number of nitrogens with one attached hydrogen (secondary N) is 1. The maximum atomic E-state index is 5.88. The molecule has 1 heterocycles. The molecule has 5 nitrogen and oxygen atoms in total. The van der Waals surface area contributed by atoms with Gasteiger partial charge in [-0.05, 0) is 19.8 Å².